The van der Waals surface area contributed by atoms with Crippen molar-refractivity contribution in [1.82, 2.24) is 25.1 Å². The van der Waals surface area contributed by atoms with E-state index in [1.165, 1.54) is 0 Å². The Morgan fingerprint density at radius 1 is 1.03 bits per heavy atom. The summed E-state index contributed by atoms with van der Waals surface area (Å²) >= 11 is 0. The second kappa shape index (κ2) is 9.99. The fourth-order valence-corrected chi connectivity index (χ4v) is 3.29. The molecule has 0 unspecified atom stereocenters. The van der Waals surface area contributed by atoms with Crippen molar-refractivity contribution in [3.8, 4) is 28.8 Å². The molecule has 0 radical (unpaired) electrons. The summed E-state index contributed by atoms with van der Waals surface area (Å²) in [6.45, 7) is 4.48. The summed E-state index contributed by atoms with van der Waals surface area (Å²) in [4.78, 5) is 12.1. The number of nitrogens with zero attached hydrogens (tertiary/aromatic N) is 4. The van der Waals surface area contributed by atoms with E-state index in [4.69, 9.17) is 14.2 Å². The molecule has 1 amide bonds. The minimum Gasteiger partial charge on any atom is -0.497 e. The third kappa shape index (κ3) is 5.38. The quantitative estimate of drug-likeness (QED) is 0.394. The van der Waals surface area contributed by atoms with E-state index in [1.807, 2.05) is 56.3 Å². The number of carbonyl (C=O) groups is 1. The lowest BCUT2D eigenvalue weighted by Crippen LogP contribution is -2.32. The van der Waals surface area contributed by atoms with Crippen molar-refractivity contribution in [2.45, 2.75) is 13.8 Å². The van der Waals surface area contributed by atoms with Crippen LogP contribution in [0.5, 0.6) is 17.4 Å². The van der Waals surface area contributed by atoms with E-state index in [9.17, 15) is 4.79 Å². The van der Waals surface area contributed by atoms with E-state index >= 15 is 0 Å². The van der Waals surface area contributed by atoms with Gasteiger partial charge in [0.15, 0.2) is 18.1 Å². The van der Waals surface area contributed by atoms with Crippen molar-refractivity contribution in [1.29, 1.82) is 0 Å². The van der Waals surface area contributed by atoms with Gasteiger partial charge < -0.3 is 19.5 Å². The van der Waals surface area contributed by atoms with Gasteiger partial charge in [-0.25, -0.2) is 0 Å². The Morgan fingerprint density at radius 2 is 1.91 bits per heavy atom. The van der Waals surface area contributed by atoms with Crippen LogP contribution in [0.3, 0.4) is 0 Å². The molecule has 9 nitrogen and oxygen atoms in total. The maximum Gasteiger partial charge on any atom is 0.258 e. The van der Waals surface area contributed by atoms with E-state index in [0.717, 1.165) is 16.7 Å². The monoisotopic (exact) mass is 447 g/mol. The van der Waals surface area contributed by atoms with Gasteiger partial charge in [0, 0.05) is 11.6 Å². The van der Waals surface area contributed by atoms with Gasteiger partial charge in [0.05, 0.1) is 13.7 Å². The molecule has 0 atom stereocenters. The molecular weight excluding hydrogens is 422 g/mol. The molecule has 2 heterocycles. The molecule has 0 saturated heterocycles. The van der Waals surface area contributed by atoms with Crippen molar-refractivity contribution < 1.29 is 19.0 Å². The lowest BCUT2D eigenvalue weighted by atomic mass is 10.1. The van der Waals surface area contributed by atoms with Crippen LogP contribution >= 0.6 is 0 Å². The Hall–Kier alpha value is -4.14. The summed E-state index contributed by atoms with van der Waals surface area (Å²) in [5, 5.41) is 15.6. The van der Waals surface area contributed by atoms with Gasteiger partial charge >= 0.3 is 0 Å². The number of amides is 1. The van der Waals surface area contributed by atoms with Gasteiger partial charge in [0.2, 0.25) is 5.88 Å². The molecule has 0 aliphatic rings. The van der Waals surface area contributed by atoms with E-state index in [1.54, 1.807) is 23.8 Å². The maximum absolute atomic E-state index is 12.1. The minimum absolute atomic E-state index is 0.0568. The topological polar surface area (TPSA) is 99.9 Å². The Bertz CT molecular complexity index is 1270. The molecule has 1 N–H and O–H groups in total. The highest BCUT2D eigenvalue weighted by molar-refractivity contribution is 5.77. The average Bonchev–Trinajstić information content (AvgIpc) is 3.24. The van der Waals surface area contributed by atoms with Crippen LogP contribution in [0.15, 0.2) is 54.6 Å². The highest BCUT2D eigenvalue weighted by Gasteiger charge is 2.11. The van der Waals surface area contributed by atoms with Crippen LogP contribution in [0.2, 0.25) is 0 Å². The lowest BCUT2D eigenvalue weighted by molar-refractivity contribution is -0.123. The molecule has 0 fully saturated rings. The van der Waals surface area contributed by atoms with Crippen molar-refractivity contribution in [2.75, 3.05) is 26.9 Å². The summed E-state index contributed by atoms with van der Waals surface area (Å²) < 4.78 is 18.2. The normalized spacial score (nSPS) is 10.8. The molecule has 9 heteroatoms. The predicted molar refractivity (Wildman–Crippen MR) is 123 cm³/mol. The number of aryl methyl sites for hydroxylation is 2. The van der Waals surface area contributed by atoms with Gasteiger partial charge in [-0.2, -0.15) is 4.52 Å². The van der Waals surface area contributed by atoms with E-state index in [0.29, 0.717) is 35.4 Å². The molecule has 4 rings (SSSR count). The minimum atomic E-state index is -0.221. The zero-order valence-corrected chi connectivity index (χ0v) is 18.7. The largest absolute Gasteiger partial charge is 0.497 e. The van der Waals surface area contributed by atoms with Gasteiger partial charge in [-0.1, -0.05) is 29.8 Å². The molecule has 33 heavy (non-hydrogen) atoms. The van der Waals surface area contributed by atoms with Gasteiger partial charge in [0.25, 0.3) is 5.91 Å². The van der Waals surface area contributed by atoms with Gasteiger partial charge in [-0.3, -0.25) is 4.79 Å². The lowest BCUT2D eigenvalue weighted by Gasteiger charge is -2.10. The molecule has 0 saturated carbocycles. The first kappa shape index (κ1) is 22.1. The number of nitrogens with one attached hydrogen (secondary N) is 1. The van der Waals surface area contributed by atoms with Crippen molar-refractivity contribution in [3.05, 3.63) is 65.7 Å². The number of hydrogen-bond acceptors (Lipinski definition) is 7. The molecule has 0 aliphatic carbocycles. The number of fused-ring (bicyclic) bond motifs is 1. The fraction of sp³-hybridized carbons (Fsp3) is 0.250. The van der Waals surface area contributed by atoms with Crippen LogP contribution in [-0.2, 0) is 4.79 Å². The van der Waals surface area contributed by atoms with Crippen LogP contribution in [0.4, 0.5) is 0 Å². The number of carbonyl (C=O) groups excluding carboxylic acids is 1. The summed E-state index contributed by atoms with van der Waals surface area (Å²) in [5.74, 6) is 2.17. The highest BCUT2D eigenvalue weighted by Crippen LogP contribution is 2.23. The van der Waals surface area contributed by atoms with Crippen LogP contribution in [0, 0.1) is 13.8 Å². The summed E-state index contributed by atoms with van der Waals surface area (Å²) in [6.07, 6.45) is 0. The number of rotatable bonds is 9. The SMILES string of the molecule is COc1cccc(-c2nnc3ccc(OCCNC(=O)COc4ccc(C)cc4C)nn23)c1. The predicted octanol–water partition coefficient (Wildman–Crippen LogP) is 2.99. The number of benzene rings is 2. The third-order valence-corrected chi connectivity index (χ3v) is 4.93. The zero-order chi connectivity index (χ0) is 23.2. The Balaban J connectivity index is 1.31. The van der Waals surface area contributed by atoms with Gasteiger partial charge in [0.1, 0.15) is 18.1 Å². The van der Waals surface area contributed by atoms with Crippen LogP contribution in [0.25, 0.3) is 17.0 Å². The molecule has 2 aromatic heterocycles. The Morgan fingerprint density at radius 3 is 2.73 bits per heavy atom. The van der Waals surface area contributed by atoms with Crippen molar-refractivity contribution >= 4 is 11.6 Å². The first-order valence-electron chi connectivity index (χ1n) is 10.5. The third-order valence-electron chi connectivity index (χ3n) is 4.93. The fourth-order valence-electron chi connectivity index (χ4n) is 3.29. The number of methoxy groups -OCH3 is 1. The summed E-state index contributed by atoms with van der Waals surface area (Å²) in [5.41, 5.74) is 3.56. The molecule has 2 aromatic carbocycles. The Labute approximate surface area is 191 Å². The molecular formula is C24H25N5O4. The molecule has 0 aliphatic heterocycles. The number of hydrogen-bond donors (Lipinski definition) is 1. The van der Waals surface area contributed by atoms with E-state index < -0.39 is 0 Å². The summed E-state index contributed by atoms with van der Waals surface area (Å²) in [6, 6.07) is 16.8. The smallest absolute Gasteiger partial charge is 0.258 e. The molecule has 4 aromatic rings. The average molecular weight is 447 g/mol. The number of ether oxygens (including phenoxy) is 3. The highest BCUT2D eigenvalue weighted by atomic mass is 16.5. The molecule has 170 valence electrons. The van der Waals surface area contributed by atoms with Crippen LogP contribution < -0.4 is 19.5 Å². The Kier molecular flexibility index (Phi) is 6.68. The molecule has 0 spiro atoms. The van der Waals surface area contributed by atoms with E-state index in [2.05, 4.69) is 20.6 Å². The van der Waals surface area contributed by atoms with Crippen molar-refractivity contribution in [2.24, 2.45) is 0 Å². The first-order chi connectivity index (χ1) is 16.0. The second-order valence-corrected chi connectivity index (χ2v) is 7.45. The standard InChI is InChI=1S/C24H25N5O4/c1-16-7-8-20(17(2)13-16)33-15-22(30)25-11-12-32-23-10-9-21-26-27-24(29(21)28-23)18-5-4-6-19(14-18)31-3/h4-10,13-14H,11-12,15H2,1-3H3,(H,25,30). The van der Waals surface area contributed by atoms with Crippen molar-refractivity contribution in [3.63, 3.8) is 0 Å². The number of aromatic nitrogens is 4. The van der Waals surface area contributed by atoms with E-state index in [-0.39, 0.29) is 19.1 Å². The van der Waals surface area contributed by atoms with Crippen LogP contribution in [0.1, 0.15) is 11.1 Å². The zero-order valence-electron chi connectivity index (χ0n) is 18.7. The maximum atomic E-state index is 12.1. The second-order valence-electron chi connectivity index (χ2n) is 7.45. The molecule has 0 bridgehead atoms. The first-order valence-corrected chi connectivity index (χ1v) is 10.5. The van der Waals surface area contributed by atoms with Crippen LogP contribution in [-0.4, -0.2) is 52.6 Å². The van der Waals surface area contributed by atoms with Gasteiger partial charge in [-0.15, -0.1) is 15.3 Å². The van der Waals surface area contributed by atoms with Gasteiger partial charge in [-0.05, 0) is 43.7 Å². The summed E-state index contributed by atoms with van der Waals surface area (Å²) in [7, 11) is 1.61.